The van der Waals surface area contributed by atoms with Crippen molar-refractivity contribution >= 4 is 21.6 Å². The van der Waals surface area contributed by atoms with Crippen molar-refractivity contribution in [3.63, 3.8) is 0 Å². The molecule has 6 nitrogen and oxygen atoms in total. The average molecular weight is 352 g/mol. The van der Waals surface area contributed by atoms with E-state index in [9.17, 15) is 19.3 Å². The van der Waals surface area contributed by atoms with Crippen molar-refractivity contribution in [2.75, 3.05) is 0 Å². The van der Waals surface area contributed by atoms with Crippen LogP contribution in [0.15, 0.2) is 27.5 Å². The standard InChI is InChI=1S/C13H7BrFN3O3/c1-6-2-7(9(5-16)13(19)17-6)8-3-11(15)12(18(20)21)4-10(8)14/h2-4H,1H3,(H,17,19). The number of nitrogens with zero attached hydrogens (tertiary/aromatic N) is 2. The number of rotatable bonds is 2. The van der Waals surface area contributed by atoms with Gasteiger partial charge in [-0.2, -0.15) is 9.65 Å². The van der Waals surface area contributed by atoms with Crippen LogP contribution in [0.3, 0.4) is 0 Å². The Labute approximate surface area is 126 Å². The lowest BCUT2D eigenvalue weighted by atomic mass is 10.0. The van der Waals surface area contributed by atoms with Gasteiger partial charge in [-0.15, -0.1) is 0 Å². The summed E-state index contributed by atoms with van der Waals surface area (Å²) in [6.07, 6.45) is 0. The van der Waals surface area contributed by atoms with Crippen LogP contribution in [0.2, 0.25) is 0 Å². The average Bonchev–Trinajstić information content (AvgIpc) is 2.39. The SMILES string of the molecule is Cc1cc(-c2cc(F)c([N+](=O)[O-])cc2Br)c(C#N)c(=O)[nH]1. The molecule has 0 saturated heterocycles. The first kappa shape index (κ1) is 14.9. The first-order valence-electron chi connectivity index (χ1n) is 5.63. The normalized spacial score (nSPS) is 10.2. The molecule has 106 valence electrons. The Bertz CT molecular complexity index is 855. The van der Waals surface area contributed by atoms with Gasteiger partial charge in [0.1, 0.15) is 11.6 Å². The second-order valence-corrected chi connectivity index (χ2v) is 5.08. The van der Waals surface area contributed by atoms with E-state index in [1.165, 1.54) is 6.07 Å². The zero-order valence-corrected chi connectivity index (χ0v) is 12.2. The van der Waals surface area contributed by atoms with E-state index < -0.39 is 22.0 Å². The number of aromatic amines is 1. The molecule has 0 aliphatic heterocycles. The Balaban J connectivity index is 2.81. The third-order valence-corrected chi connectivity index (χ3v) is 3.46. The number of nitriles is 1. The fraction of sp³-hybridized carbons (Fsp3) is 0.0769. The van der Waals surface area contributed by atoms with Gasteiger partial charge < -0.3 is 4.98 Å². The Morgan fingerprint density at radius 3 is 2.62 bits per heavy atom. The smallest absolute Gasteiger partial charge is 0.305 e. The van der Waals surface area contributed by atoms with E-state index in [0.29, 0.717) is 5.69 Å². The maximum absolute atomic E-state index is 13.8. The van der Waals surface area contributed by atoms with Gasteiger partial charge in [-0.3, -0.25) is 14.9 Å². The lowest BCUT2D eigenvalue weighted by Gasteiger charge is -2.08. The number of hydrogen-bond donors (Lipinski definition) is 1. The summed E-state index contributed by atoms with van der Waals surface area (Å²) in [6, 6.07) is 5.19. The van der Waals surface area contributed by atoms with E-state index in [1.807, 2.05) is 0 Å². The molecule has 1 heterocycles. The van der Waals surface area contributed by atoms with Crippen molar-refractivity contribution in [1.29, 1.82) is 5.26 Å². The summed E-state index contributed by atoms with van der Waals surface area (Å²) in [6.45, 7) is 1.61. The van der Waals surface area contributed by atoms with Crippen LogP contribution < -0.4 is 5.56 Å². The molecule has 0 aliphatic rings. The maximum Gasteiger partial charge on any atom is 0.305 e. The molecular formula is C13H7BrFN3O3. The number of H-pyrrole nitrogens is 1. The fourth-order valence-electron chi connectivity index (χ4n) is 1.89. The van der Waals surface area contributed by atoms with E-state index in [4.69, 9.17) is 5.26 Å². The molecule has 2 rings (SSSR count). The largest absolute Gasteiger partial charge is 0.325 e. The summed E-state index contributed by atoms with van der Waals surface area (Å²) in [5.74, 6) is -1.04. The molecular weight excluding hydrogens is 345 g/mol. The van der Waals surface area contributed by atoms with Crippen molar-refractivity contribution in [1.82, 2.24) is 4.98 Å². The highest BCUT2D eigenvalue weighted by molar-refractivity contribution is 9.10. The summed E-state index contributed by atoms with van der Waals surface area (Å²) in [7, 11) is 0. The van der Waals surface area contributed by atoms with Crippen LogP contribution in [-0.4, -0.2) is 9.91 Å². The Kier molecular flexibility index (Phi) is 3.86. The molecule has 2 aromatic rings. The van der Waals surface area contributed by atoms with Crippen LogP contribution in [0.25, 0.3) is 11.1 Å². The third-order valence-electron chi connectivity index (χ3n) is 2.80. The number of aromatic nitrogens is 1. The number of nitro groups is 1. The van der Waals surface area contributed by atoms with Crippen molar-refractivity contribution in [2.24, 2.45) is 0 Å². The third kappa shape index (κ3) is 2.68. The van der Waals surface area contributed by atoms with Gasteiger partial charge in [-0.05, 0) is 35.0 Å². The monoisotopic (exact) mass is 351 g/mol. The second kappa shape index (κ2) is 5.46. The summed E-state index contributed by atoms with van der Waals surface area (Å²) in [5.41, 5.74) is -0.582. The van der Waals surface area contributed by atoms with Gasteiger partial charge in [0.05, 0.1) is 4.92 Å². The van der Waals surface area contributed by atoms with Crippen molar-refractivity contribution in [3.05, 3.63) is 60.2 Å². The minimum Gasteiger partial charge on any atom is -0.325 e. The van der Waals surface area contributed by atoms with Crippen LogP contribution in [-0.2, 0) is 0 Å². The van der Waals surface area contributed by atoms with Crippen LogP contribution in [0.1, 0.15) is 11.3 Å². The van der Waals surface area contributed by atoms with Gasteiger partial charge in [0.15, 0.2) is 0 Å². The lowest BCUT2D eigenvalue weighted by Crippen LogP contribution is -2.13. The van der Waals surface area contributed by atoms with Crippen molar-refractivity contribution in [2.45, 2.75) is 6.92 Å². The van der Waals surface area contributed by atoms with Crippen molar-refractivity contribution < 1.29 is 9.31 Å². The van der Waals surface area contributed by atoms with E-state index in [2.05, 4.69) is 20.9 Å². The van der Waals surface area contributed by atoms with Gasteiger partial charge in [-0.1, -0.05) is 0 Å². The predicted octanol–water partition coefficient (Wildman–Crippen LogP) is 3.03. The maximum atomic E-state index is 13.8. The number of aryl methyl sites for hydroxylation is 1. The molecule has 0 fully saturated rings. The highest BCUT2D eigenvalue weighted by Crippen LogP contribution is 2.34. The number of nitro benzene ring substituents is 1. The number of benzene rings is 1. The highest BCUT2D eigenvalue weighted by Gasteiger charge is 2.20. The molecule has 21 heavy (non-hydrogen) atoms. The van der Waals surface area contributed by atoms with Gasteiger partial charge in [0.25, 0.3) is 5.56 Å². The topological polar surface area (TPSA) is 99.8 Å². The van der Waals surface area contributed by atoms with Crippen LogP contribution in [0.4, 0.5) is 10.1 Å². The second-order valence-electron chi connectivity index (χ2n) is 4.22. The van der Waals surface area contributed by atoms with Gasteiger partial charge >= 0.3 is 5.69 Å². The first-order chi connectivity index (χ1) is 9.85. The first-order valence-corrected chi connectivity index (χ1v) is 6.42. The van der Waals surface area contributed by atoms with E-state index >= 15 is 0 Å². The quantitative estimate of drug-likeness (QED) is 0.663. The van der Waals surface area contributed by atoms with Gasteiger partial charge in [-0.25, -0.2) is 0 Å². The molecule has 1 aromatic carbocycles. The zero-order valence-electron chi connectivity index (χ0n) is 10.6. The molecule has 0 radical (unpaired) electrons. The minimum atomic E-state index is -1.04. The van der Waals surface area contributed by atoms with E-state index in [-0.39, 0.29) is 21.2 Å². The predicted molar refractivity (Wildman–Crippen MR) is 76.3 cm³/mol. The van der Waals surface area contributed by atoms with Crippen molar-refractivity contribution in [3.8, 4) is 17.2 Å². The molecule has 0 atom stereocenters. The number of halogens is 2. The molecule has 0 saturated carbocycles. The number of pyridine rings is 1. The molecule has 1 N–H and O–H groups in total. The van der Waals surface area contributed by atoms with Crippen LogP contribution in [0, 0.1) is 34.2 Å². The summed E-state index contributed by atoms with van der Waals surface area (Å²) in [5, 5.41) is 19.8. The van der Waals surface area contributed by atoms with E-state index in [0.717, 1.165) is 12.1 Å². The fourth-order valence-corrected chi connectivity index (χ4v) is 2.44. The molecule has 1 aromatic heterocycles. The Hall–Kier alpha value is -2.53. The minimum absolute atomic E-state index is 0.186. The number of nitrogens with one attached hydrogen (secondary N) is 1. The molecule has 0 aliphatic carbocycles. The highest BCUT2D eigenvalue weighted by atomic mass is 79.9. The van der Waals surface area contributed by atoms with E-state index in [1.54, 1.807) is 13.0 Å². The molecule has 0 bridgehead atoms. The summed E-state index contributed by atoms with van der Waals surface area (Å²) in [4.78, 5) is 24.1. The summed E-state index contributed by atoms with van der Waals surface area (Å²) < 4.78 is 14.0. The Morgan fingerprint density at radius 1 is 1.38 bits per heavy atom. The van der Waals surface area contributed by atoms with Crippen LogP contribution >= 0.6 is 15.9 Å². The number of hydrogen-bond acceptors (Lipinski definition) is 4. The molecule has 8 heteroatoms. The lowest BCUT2D eigenvalue weighted by molar-refractivity contribution is -0.387. The molecule has 0 spiro atoms. The van der Waals surface area contributed by atoms with Crippen LogP contribution in [0.5, 0.6) is 0 Å². The summed E-state index contributed by atoms with van der Waals surface area (Å²) >= 11 is 3.11. The molecule has 0 amide bonds. The zero-order chi connectivity index (χ0) is 15.7. The molecule has 0 unspecified atom stereocenters. The Morgan fingerprint density at radius 2 is 2.05 bits per heavy atom. The van der Waals surface area contributed by atoms with Gasteiger partial charge in [0, 0.05) is 27.4 Å². The van der Waals surface area contributed by atoms with Gasteiger partial charge in [0.2, 0.25) is 5.82 Å².